The van der Waals surface area contributed by atoms with Gasteiger partial charge in [0.05, 0.1) is 58.7 Å². The Labute approximate surface area is 388 Å². The maximum absolute atomic E-state index is 14.7. The molecule has 16 unspecified atom stereocenters. The van der Waals surface area contributed by atoms with Crippen molar-refractivity contribution >= 4 is 71.2 Å². The summed E-state index contributed by atoms with van der Waals surface area (Å²) in [5.74, 6) is -3.89. The average molecular weight is 1130 g/mol. The van der Waals surface area contributed by atoms with Crippen molar-refractivity contribution in [1.29, 1.82) is 0 Å². The van der Waals surface area contributed by atoms with Crippen molar-refractivity contribution in [3.05, 3.63) is 24.5 Å². The van der Waals surface area contributed by atoms with Gasteiger partial charge in [-0.2, -0.15) is 0 Å². The Morgan fingerprint density at radius 1 is 0.422 bits per heavy atom. The van der Waals surface area contributed by atoms with E-state index in [2.05, 4.69) is 53.1 Å². The summed E-state index contributed by atoms with van der Waals surface area (Å²) < 4.78 is -1.57. The first-order valence-electron chi connectivity index (χ1n) is 18.8. The van der Waals surface area contributed by atoms with E-state index in [1.54, 1.807) is 0 Å². The zero-order valence-corrected chi connectivity index (χ0v) is 38.1. The molecule has 1 rings (SSSR count). The minimum atomic E-state index is -2.37. The van der Waals surface area contributed by atoms with Crippen molar-refractivity contribution in [2.75, 3.05) is 64.5 Å². The lowest BCUT2D eigenvalue weighted by molar-refractivity contribution is -0.127. The molecule has 64 heavy (non-hydrogen) atoms. The topological polar surface area (TPSA) is 500 Å². The Bertz CT molecular complexity index is 1480. The van der Waals surface area contributed by atoms with Crippen LogP contribution in [0.1, 0.15) is 20.7 Å². The number of carbonyl (C=O) groups excluding carboxylic acids is 3. The third kappa shape index (κ3) is 15.6. The smallest absolute Gasteiger partial charge is 0.256 e. The van der Waals surface area contributed by atoms with E-state index in [0.29, 0.717) is 9.80 Å². The molecule has 0 saturated carbocycles. The van der Waals surface area contributed by atoms with Crippen molar-refractivity contribution in [2.24, 2.45) is 5.73 Å². The SMILES string of the molecule is NCC(=O)Nc1c(Br)c(C(=O)N(CC(O)C(O)C(O)C(O)CO)CC(O)C(O)C(O)C(O)CO)c(Br)c(C(=O)N(CC(O)C(O)C(O)C(O)CO)CC(O)C(O)C(O)C(O)CO)c1Br. The fraction of sp³-hybridized carbons (Fsp3) is 0.735. The highest BCUT2D eigenvalue weighted by Crippen LogP contribution is 2.44. The second kappa shape index (κ2) is 27.9. The number of carbonyl (C=O) groups is 3. The molecule has 0 fully saturated rings. The predicted molar refractivity (Wildman–Crippen MR) is 223 cm³/mol. The van der Waals surface area contributed by atoms with Crippen LogP contribution >= 0.6 is 47.8 Å². The van der Waals surface area contributed by atoms with Crippen molar-refractivity contribution in [1.82, 2.24) is 9.80 Å². The molecule has 16 atom stereocenters. The van der Waals surface area contributed by atoms with Crippen LogP contribution in [-0.4, -0.2) is 286 Å². The van der Waals surface area contributed by atoms with Gasteiger partial charge in [0, 0.05) is 30.7 Å². The minimum Gasteiger partial charge on any atom is -0.394 e. The Kier molecular flexibility index (Phi) is 26.3. The van der Waals surface area contributed by atoms with Crippen LogP contribution in [0.4, 0.5) is 5.69 Å². The van der Waals surface area contributed by atoms with Gasteiger partial charge in [-0.3, -0.25) is 14.4 Å². The number of benzene rings is 1. The Hall–Kier alpha value is -1.77. The van der Waals surface area contributed by atoms with Crippen LogP contribution in [0.25, 0.3) is 0 Å². The summed E-state index contributed by atoms with van der Waals surface area (Å²) in [5.41, 5.74) is 3.40. The standard InChI is InChI=1S/C34H57Br3N4O23/c35-21-19(33(63)40(2-10(46)25(55)29(59)14(50)6-42)3-11(47)26(56)30(60)15(51)7-43)22(36)24(39-18(54)1-38)23(37)20(21)34(64)41(4-12(48)27(57)31(61)16(52)8-44)5-13(49)28(58)32(62)17(53)9-45/h10-17,25-32,42-53,55-62H,1-9,38H2,(H,39,54). The lowest BCUT2D eigenvalue weighted by atomic mass is 9.99. The van der Waals surface area contributed by atoms with Gasteiger partial charge in [0.2, 0.25) is 5.91 Å². The highest BCUT2D eigenvalue weighted by Gasteiger charge is 2.41. The number of halogens is 3. The number of aliphatic hydroxyl groups is 20. The van der Waals surface area contributed by atoms with E-state index in [0.717, 1.165) is 0 Å². The first-order valence-corrected chi connectivity index (χ1v) is 21.2. The molecule has 1 aromatic rings. The normalized spacial score (nSPS) is 19.6. The van der Waals surface area contributed by atoms with Crippen LogP contribution in [-0.2, 0) is 4.79 Å². The van der Waals surface area contributed by atoms with Gasteiger partial charge in [-0.05, 0) is 47.8 Å². The van der Waals surface area contributed by atoms with Gasteiger partial charge >= 0.3 is 0 Å². The first-order chi connectivity index (χ1) is 29.7. The van der Waals surface area contributed by atoms with Gasteiger partial charge < -0.3 is 123 Å². The molecular formula is C34H57Br3N4O23. The summed E-state index contributed by atoms with van der Waals surface area (Å²) in [6, 6.07) is 0. The lowest BCUT2D eigenvalue weighted by Gasteiger charge is -2.35. The van der Waals surface area contributed by atoms with Gasteiger partial charge in [-0.1, -0.05) is 0 Å². The lowest BCUT2D eigenvalue weighted by Crippen LogP contribution is -2.54. The molecule has 0 heterocycles. The van der Waals surface area contributed by atoms with Crippen LogP contribution in [0.3, 0.4) is 0 Å². The fourth-order valence-corrected chi connectivity index (χ4v) is 8.59. The highest BCUT2D eigenvalue weighted by atomic mass is 79.9. The number of nitrogens with zero attached hydrogens (tertiary/aromatic N) is 2. The van der Waals surface area contributed by atoms with E-state index >= 15 is 0 Å². The number of nitrogens with one attached hydrogen (secondary N) is 1. The number of rotatable bonds is 28. The number of hydrogen-bond acceptors (Lipinski definition) is 24. The van der Waals surface area contributed by atoms with Gasteiger partial charge in [-0.25, -0.2) is 0 Å². The fourth-order valence-electron chi connectivity index (χ4n) is 5.72. The molecule has 0 aliphatic carbocycles. The average Bonchev–Trinajstić information content (AvgIpc) is 3.28. The number of nitrogens with two attached hydrogens (primary N) is 1. The van der Waals surface area contributed by atoms with Crippen LogP contribution < -0.4 is 11.1 Å². The Morgan fingerprint density at radius 2 is 0.641 bits per heavy atom. The summed E-state index contributed by atoms with van der Waals surface area (Å²) in [6.07, 6.45) is -36.1. The van der Waals surface area contributed by atoms with E-state index in [1.807, 2.05) is 0 Å². The van der Waals surface area contributed by atoms with Gasteiger partial charge in [0.15, 0.2) is 0 Å². The van der Waals surface area contributed by atoms with Gasteiger partial charge in [-0.15, -0.1) is 0 Å². The van der Waals surface area contributed by atoms with Crippen LogP contribution in [0, 0.1) is 0 Å². The maximum Gasteiger partial charge on any atom is 0.256 e. The molecule has 0 aliphatic rings. The van der Waals surface area contributed by atoms with E-state index in [1.165, 1.54) is 0 Å². The third-order valence-electron chi connectivity index (χ3n) is 9.70. The van der Waals surface area contributed by atoms with Gasteiger partial charge in [0.1, 0.15) is 97.7 Å². The van der Waals surface area contributed by atoms with Crippen LogP contribution in [0.15, 0.2) is 13.4 Å². The molecule has 3 amide bonds. The molecule has 0 spiro atoms. The largest absolute Gasteiger partial charge is 0.394 e. The summed E-state index contributed by atoms with van der Waals surface area (Å²) in [6.45, 7) is -10.0. The quantitative estimate of drug-likeness (QED) is 0.0370. The van der Waals surface area contributed by atoms with E-state index in [9.17, 15) is 117 Å². The highest BCUT2D eigenvalue weighted by molar-refractivity contribution is 9.11. The number of hydrogen-bond donors (Lipinski definition) is 22. The second-order valence-corrected chi connectivity index (χ2v) is 16.8. The Balaban J connectivity index is 4.25. The zero-order valence-electron chi connectivity index (χ0n) is 33.4. The molecule has 0 aromatic heterocycles. The molecule has 0 saturated heterocycles. The van der Waals surface area contributed by atoms with Crippen molar-refractivity contribution in [3.63, 3.8) is 0 Å². The van der Waals surface area contributed by atoms with Gasteiger partial charge in [0.25, 0.3) is 11.8 Å². The summed E-state index contributed by atoms with van der Waals surface area (Å²) in [5, 5.41) is 206. The summed E-state index contributed by atoms with van der Waals surface area (Å²) in [4.78, 5) is 42.8. The van der Waals surface area contributed by atoms with E-state index in [-0.39, 0.29) is 0 Å². The molecule has 30 heteroatoms. The molecule has 0 bridgehead atoms. The Morgan fingerprint density at radius 3 is 0.844 bits per heavy atom. The number of anilines is 1. The number of aliphatic hydroxyl groups excluding tert-OH is 20. The maximum atomic E-state index is 14.7. The minimum absolute atomic E-state index is 0.416. The monoisotopic (exact) mass is 1130 g/mol. The zero-order chi connectivity index (χ0) is 49.7. The molecule has 0 aliphatic heterocycles. The van der Waals surface area contributed by atoms with E-state index in [4.69, 9.17) is 5.73 Å². The second-order valence-electron chi connectivity index (χ2n) is 14.4. The van der Waals surface area contributed by atoms with Crippen molar-refractivity contribution in [3.8, 4) is 0 Å². The molecular weight excluding hydrogens is 1070 g/mol. The summed E-state index contributed by atoms with van der Waals surface area (Å²) >= 11 is 9.31. The van der Waals surface area contributed by atoms with Crippen molar-refractivity contribution in [2.45, 2.75) is 97.7 Å². The van der Waals surface area contributed by atoms with Crippen molar-refractivity contribution < 1.29 is 117 Å². The molecule has 372 valence electrons. The number of amides is 3. The first kappa shape index (κ1) is 60.2. The summed E-state index contributed by atoms with van der Waals surface area (Å²) in [7, 11) is 0. The van der Waals surface area contributed by atoms with E-state index < -0.39 is 205 Å². The molecule has 23 N–H and O–H groups in total. The van der Waals surface area contributed by atoms with Crippen LogP contribution in [0.5, 0.6) is 0 Å². The predicted octanol–water partition coefficient (Wildman–Crippen LogP) is -10.5. The third-order valence-corrected chi connectivity index (χ3v) is 12.1. The molecule has 27 nitrogen and oxygen atoms in total. The molecule has 0 radical (unpaired) electrons. The molecule has 1 aromatic carbocycles. The van der Waals surface area contributed by atoms with Crippen LogP contribution in [0.2, 0.25) is 0 Å².